The number of benzene rings is 3. The number of hydrogen-bond acceptors (Lipinski definition) is 1. The van der Waals surface area contributed by atoms with Crippen LogP contribution in [0.25, 0.3) is 44.0 Å². The fourth-order valence-electron chi connectivity index (χ4n) is 4.05. The number of furan rings is 1. The molecule has 5 rings (SSSR count). The van der Waals surface area contributed by atoms with E-state index in [0.29, 0.717) is 0 Å². The molecular formula is C26H21Cl2OZr-. The van der Waals surface area contributed by atoms with Gasteiger partial charge in [-0.2, -0.15) is 0 Å². The van der Waals surface area contributed by atoms with Crippen LogP contribution < -0.4 is 0 Å². The van der Waals surface area contributed by atoms with E-state index in [9.17, 15) is 0 Å². The Hall–Kier alpha value is -1.73. The van der Waals surface area contributed by atoms with Gasteiger partial charge in [-0.15, -0.1) is 29.0 Å². The first-order valence-corrected chi connectivity index (χ1v) is 16.1. The molecule has 5 aromatic rings. The van der Waals surface area contributed by atoms with E-state index < -0.39 is 20.8 Å². The fourth-order valence-corrected chi connectivity index (χ4v) is 4.05. The van der Waals surface area contributed by atoms with Gasteiger partial charge >= 0.3 is 37.9 Å². The molecule has 1 aromatic heterocycles. The van der Waals surface area contributed by atoms with E-state index in [1.165, 1.54) is 43.8 Å². The number of halogens is 2. The number of rotatable bonds is 2. The summed E-state index contributed by atoms with van der Waals surface area (Å²) in [5.41, 5.74) is 6.40. The van der Waals surface area contributed by atoms with Crippen molar-refractivity contribution in [2.75, 3.05) is 0 Å². The van der Waals surface area contributed by atoms with Crippen LogP contribution in [0.3, 0.4) is 0 Å². The first-order valence-electron chi connectivity index (χ1n) is 9.74. The molecule has 0 N–H and O–H groups in total. The van der Waals surface area contributed by atoms with E-state index in [4.69, 9.17) is 21.4 Å². The van der Waals surface area contributed by atoms with Gasteiger partial charge in [0.2, 0.25) is 0 Å². The van der Waals surface area contributed by atoms with Crippen molar-refractivity contribution in [2.24, 2.45) is 0 Å². The summed E-state index contributed by atoms with van der Waals surface area (Å²) < 4.78 is 5.86. The van der Waals surface area contributed by atoms with Crippen molar-refractivity contribution < 1.29 is 25.3 Å². The van der Waals surface area contributed by atoms with Crippen LogP contribution >= 0.6 is 17.0 Å². The van der Waals surface area contributed by atoms with Crippen LogP contribution in [-0.2, 0) is 20.8 Å². The van der Waals surface area contributed by atoms with E-state index in [2.05, 4.69) is 80.6 Å². The molecule has 0 radical (unpaired) electrons. The van der Waals surface area contributed by atoms with E-state index in [1.54, 1.807) is 0 Å². The molecule has 4 aromatic carbocycles. The fraction of sp³-hybridized carbons (Fsp3) is 0.115. The Morgan fingerprint density at radius 1 is 0.833 bits per heavy atom. The molecule has 0 aliphatic carbocycles. The Morgan fingerprint density at radius 3 is 2.27 bits per heavy atom. The summed E-state index contributed by atoms with van der Waals surface area (Å²) in [5, 5.41) is 5.11. The zero-order chi connectivity index (χ0) is 21.3. The summed E-state index contributed by atoms with van der Waals surface area (Å²) in [6.45, 7) is 6.41. The van der Waals surface area contributed by atoms with Gasteiger partial charge in [-0.1, -0.05) is 53.1 Å². The molecule has 0 saturated carbocycles. The summed E-state index contributed by atoms with van der Waals surface area (Å²) in [5.74, 6) is 1.88. The van der Waals surface area contributed by atoms with Crippen molar-refractivity contribution in [3.8, 4) is 22.5 Å². The standard InChI is InChI=1S/C26H21O.2ClH.Zr/c1-16-12-22-14-23(25-11-8-17(2)27-25)15-24(22)26(18(16)3)21-10-9-19-6-4-5-7-20(19)13-21;;;/h4-15H,1-3H3;2*1H;/q-1;;;+2/p-2. The van der Waals surface area contributed by atoms with Gasteiger partial charge in [0, 0.05) is 0 Å². The molecule has 1 nitrogen and oxygen atoms in total. The maximum atomic E-state index is 5.86. The second kappa shape index (κ2) is 9.18. The number of aryl methyl sites for hydroxylation is 2. The minimum atomic E-state index is -0.826. The summed E-state index contributed by atoms with van der Waals surface area (Å²) in [6, 6.07) is 26.2. The Morgan fingerprint density at radius 2 is 1.57 bits per heavy atom. The Kier molecular flexibility index (Phi) is 6.58. The topological polar surface area (TPSA) is 13.1 Å². The average Bonchev–Trinajstić information content (AvgIpc) is 3.35. The van der Waals surface area contributed by atoms with Crippen LogP contribution in [0.5, 0.6) is 0 Å². The molecule has 0 spiro atoms. The molecule has 0 saturated heterocycles. The zero-order valence-electron chi connectivity index (χ0n) is 17.1. The van der Waals surface area contributed by atoms with Gasteiger partial charge in [-0.05, 0) is 60.9 Å². The third-order valence-electron chi connectivity index (χ3n) is 5.59. The molecule has 0 unspecified atom stereocenters. The summed E-state index contributed by atoms with van der Waals surface area (Å²) >= 11 is -0.826. The molecule has 0 bridgehead atoms. The molecule has 30 heavy (non-hydrogen) atoms. The molecule has 0 atom stereocenters. The normalized spacial score (nSPS) is 10.8. The second-order valence-electron chi connectivity index (χ2n) is 7.48. The van der Waals surface area contributed by atoms with Crippen molar-refractivity contribution in [2.45, 2.75) is 20.8 Å². The van der Waals surface area contributed by atoms with Gasteiger partial charge in [0.15, 0.2) is 0 Å². The third-order valence-corrected chi connectivity index (χ3v) is 5.59. The van der Waals surface area contributed by atoms with Crippen molar-refractivity contribution in [3.05, 3.63) is 89.7 Å². The van der Waals surface area contributed by atoms with E-state index in [0.717, 1.165) is 17.1 Å². The van der Waals surface area contributed by atoms with Gasteiger partial charge in [-0.3, -0.25) is 0 Å². The Labute approximate surface area is 195 Å². The van der Waals surface area contributed by atoms with Gasteiger partial charge in [0.05, 0.1) is 11.5 Å². The molecule has 4 heteroatoms. The van der Waals surface area contributed by atoms with Crippen LogP contribution in [0.15, 0.2) is 77.2 Å². The third kappa shape index (κ3) is 4.19. The summed E-state index contributed by atoms with van der Waals surface area (Å²) in [4.78, 5) is 0. The zero-order valence-corrected chi connectivity index (χ0v) is 21.1. The van der Waals surface area contributed by atoms with Crippen LogP contribution in [0.4, 0.5) is 0 Å². The van der Waals surface area contributed by atoms with Crippen molar-refractivity contribution >= 4 is 38.6 Å². The van der Waals surface area contributed by atoms with Crippen LogP contribution in [0.2, 0.25) is 0 Å². The molecule has 0 fully saturated rings. The first-order chi connectivity index (χ1) is 14.5. The van der Waals surface area contributed by atoms with Crippen molar-refractivity contribution in [1.29, 1.82) is 0 Å². The average molecular weight is 512 g/mol. The second-order valence-corrected chi connectivity index (χ2v) is 11.2. The van der Waals surface area contributed by atoms with E-state index in [-0.39, 0.29) is 0 Å². The van der Waals surface area contributed by atoms with Gasteiger partial charge in [0.1, 0.15) is 0 Å². The molecule has 0 aliphatic rings. The Bertz CT molecular complexity index is 1330. The number of fused-ring (bicyclic) bond motifs is 2. The van der Waals surface area contributed by atoms with E-state index in [1.807, 2.05) is 13.0 Å². The maximum absolute atomic E-state index is 5.86. The van der Waals surface area contributed by atoms with Crippen molar-refractivity contribution in [3.63, 3.8) is 0 Å². The molecule has 1 heterocycles. The van der Waals surface area contributed by atoms with Gasteiger partial charge in [0.25, 0.3) is 0 Å². The molecule has 150 valence electrons. The van der Waals surface area contributed by atoms with Crippen LogP contribution in [-0.4, -0.2) is 0 Å². The van der Waals surface area contributed by atoms with Crippen molar-refractivity contribution in [1.82, 2.24) is 0 Å². The molecular weight excluding hydrogens is 490 g/mol. The first kappa shape index (κ1) is 21.5. The molecule has 0 aliphatic heterocycles. The predicted octanol–water partition coefficient (Wildman–Crippen LogP) is 8.94. The van der Waals surface area contributed by atoms with E-state index >= 15 is 0 Å². The number of hydrogen-bond donors (Lipinski definition) is 0. The van der Waals surface area contributed by atoms with Crippen LogP contribution in [0.1, 0.15) is 16.9 Å². The summed E-state index contributed by atoms with van der Waals surface area (Å²) in [6.07, 6.45) is 0. The van der Waals surface area contributed by atoms with Gasteiger partial charge < -0.3 is 4.42 Å². The SMILES string of the molecule is Cc1ccc(-c2cc3c(-c4ccc5ccccc5c4)c(C)c(C)cc3[cH-]2)o1.[Cl][Zr][Cl]. The monoisotopic (exact) mass is 509 g/mol. The van der Waals surface area contributed by atoms with Gasteiger partial charge in [-0.25, -0.2) is 0 Å². The molecule has 0 amide bonds. The quantitative estimate of drug-likeness (QED) is 0.216. The summed E-state index contributed by atoms with van der Waals surface area (Å²) in [7, 11) is 9.87. The predicted molar refractivity (Wildman–Crippen MR) is 126 cm³/mol. The van der Waals surface area contributed by atoms with Crippen LogP contribution in [0, 0.1) is 20.8 Å². The Balaban J connectivity index is 0.000000687. The minimum absolute atomic E-state index is 0.826.